The molecule has 0 aromatic heterocycles. The maximum absolute atomic E-state index is 12.8. The number of carbonyl (C=O) groups excluding carboxylic acids is 1. The standard InChI is InChI=1S/C37H61NO7/c1-32(2,3)45-31(40)38-17-18-42-29(20-38)44-28-13-14-37-21-36(37)16-15-35(8)23-9-11-25(30(39)34(6,7)41)43-26(23)19-24(35)22(36)10-12-27(37)33(28,4)5/h22-30,39,41H,9-21H2,1-8H3/t22?,23?,24?,25?,26?,27?,28-,29?,30-,35+,36-,37+/m0/s1. The zero-order valence-corrected chi connectivity index (χ0v) is 29.3. The lowest BCUT2D eigenvalue weighted by Crippen LogP contribution is -2.56. The smallest absolute Gasteiger partial charge is 0.410 e. The molecule has 5 saturated carbocycles. The van der Waals surface area contributed by atoms with Gasteiger partial charge in [0.2, 0.25) is 0 Å². The van der Waals surface area contributed by atoms with E-state index in [-0.39, 0.29) is 29.8 Å². The number of amides is 1. The van der Waals surface area contributed by atoms with Crippen LogP contribution in [-0.2, 0) is 18.9 Å². The summed E-state index contributed by atoms with van der Waals surface area (Å²) in [5, 5.41) is 21.3. The van der Waals surface area contributed by atoms with Gasteiger partial charge in [-0.2, -0.15) is 0 Å². The van der Waals surface area contributed by atoms with Crippen molar-refractivity contribution in [3.8, 4) is 0 Å². The van der Waals surface area contributed by atoms with E-state index in [0.717, 1.165) is 31.6 Å². The van der Waals surface area contributed by atoms with Crippen LogP contribution in [0, 0.1) is 45.3 Å². The predicted molar refractivity (Wildman–Crippen MR) is 170 cm³/mol. The second-order valence-electron chi connectivity index (χ2n) is 18.8. The third-order valence-corrected chi connectivity index (χ3v) is 14.6. The zero-order chi connectivity index (χ0) is 32.4. The Bertz CT molecular complexity index is 1160. The molecule has 1 amide bonds. The number of hydrogen-bond acceptors (Lipinski definition) is 7. The molecule has 7 rings (SSSR count). The Kier molecular flexibility index (Phi) is 7.63. The summed E-state index contributed by atoms with van der Waals surface area (Å²) in [4.78, 5) is 14.5. The van der Waals surface area contributed by atoms with Gasteiger partial charge in [-0.05, 0) is 144 Å². The molecule has 0 bridgehead atoms. The molecular weight excluding hydrogens is 570 g/mol. The first-order valence-electron chi connectivity index (χ1n) is 18.2. The van der Waals surface area contributed by atoms with Gasteiger partial charge in [0.1, 0.15) is 11.7 Å². The summed E-state index contributed by atoms with van der Waals surface area (Å²) >= 11 is 0. The van der Waals surface area contributed by atoms with Gasteiger partial charge >= 0.3 is 6.09 Å². The Morgan fingerprint density at radius 1 is 0.933 bits per heavy atom. The van der Waals surface area contributed by atoms with Crippen molar-refractivity contribution in [3.63, 3.8) is 0 Å². The van der Waals surface area contributed by atoms with E-state index in [1.165, 1.54) is 38.5 Å². The monoisotopic (exact) mass is 631 g/mol. The zero-order valence-electron chi connectivity index (χ0n) is 29.3. The van der Waals surface area contributed by atoms with Crippen LogP contribution in [0.3, 0.4) is 0 Å². The number of hydrogen-bond donors (Lipinski definition) is 2. The minimum atomic E-state index is -1.15. The molecule has 8 nitrogen and oxygen atoms in total. The van der Waals surface area contributed by atoms with E-state index in [4.69, 9.17) is 18.9 Å². The highest BCUT2D eigenvalue weighted by Gasteiger charge is 2.80. The van der Waals surface area contributed by atoms with Crippen LogP contribution < -0.4 is 0 Å². The molecule has 12 atom stereocenters. The van der Waals surface area contributed by atoms with E-state index in [1.807, 2.05) is 20.8 Å². The summed E-state index contributed by atoms with van der Waals surface area (Å²) in [6.45, 7) is 18.0. The first-order chi connectivity index (χ1) is 20.9. The Morgan fingerprint density at radius 3 is 2.38 bits per heavy atom. The van der Waals surface area contributed by atoms with Gasteiger partial charge in [-0.25, -0.2) is 4.79 Å². The van der Waals surface area contributed by atoms with Crippen molar-refractivity contribution in [2.45, 2.75) is 162 Å². The van der Waals surface area contributed by atoms with E-state index in [1.54, 1.807) is 18.7 Å². The summed E-state index contributed by atoms with van der Waals surface area (Å²) < 4.78 is 25.2. The highest BCUT2D eigenvalue weighted by Crippen LogP contribution is 2.87. The molecule has 2 aliphatic heterocycles. The highest BCUT2D eigenvalue weighted by molar-refractivity contribution is 5.68. The van der Waals surface area contributed by atoms with Gasteiger partial charge in [-0.3, -0.25) is 0 Å². The van der Waals surface area contributed by atoms with E-state index >= 15 is 0 Å². The maximum atomic E-state index is 12.8. The first-order valence-corrected chi connectivity index (χ1v) is 18.2. The van der Waals surface area contributed by atoms with Gasteiger partial charge in [-0.15, -0.1) is 0 Å². The minimum Gasteiger partial charge on any atom is -0.444 e. The lowest BCUT2D eigenvalue weighted by atomic mass is 9.46. The number of ether oxygens (including phenoxy) is 4. The molecule has 7 fully saturated rings. The molecule has 7 unspecified atom stereocenters. The fourth-order valence-corrected chi connectivity index (χ4v) is 12.6. The quantitative estimate of drug-likeness (QED) is 0.376. The van der Waals surface area contributed by atoms with Crippen LogP contribution in [0.4, 0.5) is 4.79 Å². The third kappa shape index (κ3) is 5.04. The molecule has 45 heavy (non-hydrogen) atoms. The average molecular weight is 632 g/mol. The summed E-state index contributed by atoms with van der Waals surface area (Å²) in [7, 11) is 0. The second-order valence-corrected chi connectivity index (χ2v) is 18.8. The van der Waals surface area contributed by atoms with Crippen molar-refractivity contribution in [2.75, 3.05) is 19.7 Å². The topological polar surface area (TPSA) is 97.7 Å². The van der Waals surface area contributed by atoms with Gasteiger partial charge in [0.25, 0.3) is 0 Å². The largest absolute Gasteiger partial charge is 0.444 e. The lowest BCUT2D eigenvalue weighted by molar-refractivity contribution is -0.243. The Morgan fingerprint density at radius 2 is 1.67 bits per heavy atom. The lowest BCUT2D eigenvalue weighted by Gasteiger charge is -2.60. The average Bonchev–Trinajstić information content (AvgIpc) is 3.52. The van der Waals surface area contributed by atoms with E-state index in [0.29, 0.717) is 53.7 Å². The van der Waals surface area contributed by atoms with Gasteiger partial charge in [0.05, 0.1) is 37.1 Å². The number of rotatable bonds is 4. The van der Waals surface area contributed by atoms with Crippen molar-refractivity contribution in [1.29, 1.82) is 0 Å². The highest BCUT2D eigenvalue weighted by atomic mass is 16.7. The summed E-state index contributed by atoms with van der Waals surface area (Å²) in [6, 6.07) is 0. The van der Waals surface area contributed by atoms with Gasteiger partial charge < -0.3 is 34.1 Å². The molecule has 2 saturated heterocycles. The molecule has 5 aliphatic carbocycles. The number of aliphatic hydroxyl groups is 2. The molecule has 2 heterocycles. The SMILES string of the molecule is CC(C)(C)OC(=O)N1CCOC(O[C@H]2CC[C@]34C[C@]35CC[C@]3(C)C6CCC([C@H](O)C(C)(C)O)OC6CC3C5CCC4C2(C)C)C1. The number of nitrogens with zero attached hydrogens (tertiary/aromatic N) is 1. The second kappa shape index (κ2) is 10.5. The fourth-order valence-electron chi connectivity index (χ4n) is 12.6. The molecule has 7 aliphatic rings. The van der Waals surface area contributed by atoms with Crippen LogP contribution in [0.5, 0.6) is 0 Å². The van der Waals surface area contributed by atoms with Crippen LogP contribution >= 0.6 is 0 Å². The molecule has 8 heteroatoms. The molecule has 256 valence electrons. The van der Waals surface area contributed by atoms with Crippen molar-refractivity contribution in [3.05, 3.63) is 0 Å². The van der Waals surface area contributed by atoms with E-state index < -0.39 is 23.6 Å². The molecule has 2 spiro atoms. The molecular formula is C37H61NO7. The minimum absolute atomic E-state index is 0.0399. The van der Waals surface area contributed by atoms with E-state index in [9.17, 15) is 15.0 Å². The number of fused-ring (bicyclic) bond motifs is 4. The van der Waals surface area contributed by atoms with Crippen LogP contribution in [0.15, 0.2) is 0 Å². The van der Waals surface area contributed by atoms with Gasteiger partial charge in [0.15, 0.2) is 6.29 Å². The van der Waals surface area contributed by atoms with Crippen LogP contribution in [-0.4, -0.2) is 82.8 Å². The van der Waals surface area contributed by atoms with Crippen LogP contribution in [0.25, 0.3) is 0 Å². The Hall–Kier alpha value is -0.930. The van der Waals surface area contributed by atoms with Crippen molar-refractivity contribution < 1.29 is 34.0 Å². The van der Waals surface area contributed by atoms with Crippen LogP contribution in [0.2, 0.25) is 0 Å². The van der Waals surface area contributed by atoms with E-state index in [2.05, 4.69) is 20.8 Å². The van der Waals surface area contributed by atoms with Crippen molar-refractivity contribution >= 4 is 6.09 Å². The normalized spacial score (nSPS) is 47.8. The predicted octanol–water partition coefficient (Wildman–Crippen LogP) is 6.30. The van der Waals surface area contributed by atoms with Gasteiger partial charge in [0, 0.05) is 6.54 Å². The Labute approximate surface area is 271 Å². The number of carbonyl (C=O) groups is 1. The first kappa shape index (κ1) is 32.6. The molecule has 0 aromatic carbocycles. The van der Waals surface area contributed by atoms with Crippen molar-refractivity contribution in [1.82, 2.24) is 4.90 Å². The van der Waals surface area contributed by atoms with Crippen LogP contribution in [0.1, 0.15) is 120 Å². The third-order valence-electron chi connectivity index (χ3n) is 14.6. The molecule has 2 N–H and O–H groups in total. The van der Waals surface area contributed by atoms with Crippen molar-refractivity contribution in [2.24, 2.45) is 45.3 Å². The molecule has 0 aromatic rings. The fraction of sp³-hybridized carbons (Fsp3) is 0.973. The summed E-state index contributed by atoms with van der Waals surface area (Å²) in [6.07, 6.45) is 10.4. The number of morpholine rings is 1. The summed E-state index contributed by atoms with van der Waals surface area (Å²) in [5.74, 6) is 2.65. The number of aliphatic hydroxyl groups excluding tert-OH is 1. The summed E-state index contributed by atoms with van der Waals surface area (Å²) in [5.41, 5.74) is -0.437. The van der Waals surface area contributed by atoms with Gasteiger partial charge in [-0.1, -0.05) is 20.8 Å². The molecule has 0 radical (unpaired) electrons. The maximum Gasteiger partial charge on any atom is 0.410 e. The Balaban J connectivity index is 1.03.